The van der Waals surface area contributed by atoms with E-state index in [1.807, 2.05) is 0 Å². The third-order valence-corrected chi connectivity index (χ3v) is 1.78. The van der Waals surface area contributed by atoms with Crippen LogP contribution in [0.5, 0.6) is 0 Å². The summed E-state index contributed by atoms with van der Waals surface area (Å²) in [6.45, 7) is 0.821. The quantitative estimate of drug-likeness (QED) is 0.660. The van der Waals surface area contributed by atoms with E-state index in [1.54, 1.807) is 0 Å². The minimum absolute atomic E-state index is 0.0148. The Morgan fingerprint density at radius 1 is 1.77 bits per heavy atom. The smallest absolute Gasteiger partial charge is 0.333 e. The second-order valence-corrected chi connectivity index (χ2v) is 2.72. The summed E-state index contributed by atoms with van der Waals surface area (Å²) in [5, 5.41) is 8.60. The van der Waals surface area contributed by atoms with Gasteiger partial charge in [0.2, 0.25) is 5.91 Å². The normalized spacial score (nSPS) is 16.2. The molecule has 0 aromatic carbocycles. The van der Waals surface area contributed by atoms with Crippen molar-refractivity contribution < 1.29 is 19.4 Å². The predicted molar refractivity (Wildman–Crippen MR) is 43.9 cm³/mol. The Bertz CT molecular complexity index is 259. The first kappa shape index (κ1) is 9.73. The van der Waals surface area contributed by atoms with Gasteiger partial charge in [0.05, 0.1) is 18.6 Å². The molecule has 0 unspecified atom stereocenters. The topological polar surface area (TPSA) is 66.8 Å². The van der Waals surface area contributed by atoms with Crippen LogP contribution in [0, 0.1) is 0 Å². The molecule has 5 nitrogen and oxygen atoms in total. The van der Waals surface area contributed by atoms with Crippen LogP contribution < -0.4 is 0 Å². The van der Waals surface area contributed by atoms with Crippen LogP contribution in [-0.4, -0.2) is 42.1 Å². The third kappa shape index (κ3) is 2.29. The number of rotatable bonds is 4. The van der Waals surface area contributed by atoms with Gasteiger partial charge < -0.3 is 14.7 Å². The summed E-state index contributed by atoms with van der Waals surface area (Å²) in [6, 6.07) is 0. The molecule has 1 N–H and O–H groups in total. The summed E-state index contributed by atoms with van der Waals surface area (Å²) >= 11 is 0. The van der Waals surface area contributed by atoms with Gasteiger partial charge in [-0.1, -0.05) is 0 Å². The van der Waals surface area contributed by atoms with Crippen LogP contribution in [0.1, 0.15) is 6.42 Å². The maximum absolute atomic E-state index is 11.1. The molecule has 0 saturated heterocycles. The molecule has 0 spiro atoms. The van der Waals surface area contributed by atoms with E-state index in [4.69, 9.17) is 9.84 Å². The number of carbonyl (C=O) groups is 2. The predicted octanol–water partition coefficient (Wildman–Crippen LogP) is -0.166. The highest BCUT2D eigenvalue weighted by atomic mass is 16.5. The molecule has 0 atom stereocenters. The van der Waals surface area contributed by atoms with E-state index >= 15 is 0 Å². The number of carbonyl (C=O) groups excluding carboxylic acids is 1. The van der Waals surface area contributed by atoms with Gasteiger partial charge in [0, 0.05) is 19.9 Å². The van der Waals surface area contributed by atoms with Crippen LogP contribution in [-0.2, 0) is 14.3 Å². The Balaban J connectivity index is 2.56. The van der Waals surface area contributed by atoms with Crippen molar-refractivity contribution in [2.24, 2.45) is 0 Å². The van der Waals surface area contributed by atoms with E-state index in [2.05, 4.69) is 0 Å². The van der Waals surface area contributed by atoms with E-state index in [0.29, 0.717) is 13.2 Å². The average Bonchev–Trinajstić information content (AvgIpc) is 2.44. The number of carboxylic acid groups (broad SMARTS) is 1. The maximum atomic E-state index is 11.1. The van der Waals surface area contributed by atoms with Crippen molar-refractivity contribution in [2.45, 2.75) is 6.42 Å². The van der Waals surface area contributed by atoms with Crippen molar-refractivity contribution in [3.63, 3.8) is 0 Å². The number of ether oxygens (including phenoxy) is 1. The summed E-state index contributed by atoms with van der Waals surface area (Å²) in [5.74, 6) is -1.22. The SMILES string of the molecule is COCCN1C=C(C(=O)O)CC1=O. The zero-order chi connectivity index (χ0) is 9.84. The molecule has 1 heterocycles. The highest BCUT2D eigenvalue weighted by Gasteiger charge is 2.24. The summed E-state index contributed by atoms with van der Waals surface area (Å²) in [6.07, 6.45) is 1.35. The number of methoxy groups -OCH3 is 1. The number of amides is 1. The molecule has 0 bridgehead atoms. The molecule has 0 aromatic heterocycles. The molecule has 0 aromatic rings. The number of aliphatic carboxylic acids is 1. The zero-order valence-corrected chi connectivity index (χ0v) is 7.32. The van der Waals surface area contributed by atoms with Crippen LogP contribution in [0.25, 0.3) is 0 Å². The van der Waals surface area contributed by atoms with Gasteiger partial charge in [-0.05, 0) is 0 Å². The Labute approximate surface area is 75.6 Å². The molecule has 72 valence electrons. The van der Waals surface area contributed by atoms with Crippen LogP contribution in [0.2, 0.25) is 0 Å². The molecule has 1 amide bonds. The third-order valence-electron chi connectivity index (χ3n) is 1.78. The van der Waals surface area contributed by atoms with Crippen LogP contribution in [0.4, 0.5) is 0 Å². The molecule has 0 saturated carbocycles. The maximum Gasteiger partial charge on any atom is 0.333 e. The van der Waals surface area contributed by atoms with Gasteiger partial charge in [0.25, 0.3) is 0 Å². The molecule has 13 heavy (non-hydrogen) atoms. The molecule has 1 aliphatic heterocycles. The number of nitrogens with zero attached hydrogens (tertiary/aromatic N) is 1. The molecule has 0 aliphatic carbocycles. The lowest BCUT2D eigenvalue weighted by Crippen LogP contribution is -2.24. The molecule has 5 heteroatoms. The van der Waals surface area contributed by atoms with Crippen molar-refractivity contribution in [3.8, 4) is 0 Å². The van der Waals surface area contributed by atoms with E-state index < -0.39 is 5.97 Å². The summed E-state index contributed by atoms with van der Waals surface area (Å²) in [5.41, 5.74) is 0.140. The molecule has 1 rings (SSSR count). The minimum atomic E-state index is -1.03. The van der Waals surface area contributed by atoms with Crippen molar-refractivity contribution in [1.29, 1.82) is 0 Å². The fourth-order valence-electron chi connectivity index (χ4n) is 1.08. The highest BCUT2D eigenvalue weighted by Crippen LogP contribution is 2.15. The van der Waals surface area contributed by atoms with E-state index in [9.17, 15) is 9.59 Å². The van der Waals surface area contributed by atoms with Crippen LogP contribution >= 0.6 is 0 Å². The van der Waals surface area contributed by atoms with Gasteiger partial charge in [0.15, 0.2) is 0 Å². The Hall–Kier alpha value is -1.36. The Morgan fingerprint density at radius 3 is 2.92 bits per heavy atom. The lowest BCUT2D eigenvalue weighted by atomic mass is 10.2. The lowest BCUT2D eigenvalue weighted by molar-refractivity contribution is -0.134. The van der Waals surface area contributed by atoms with Gasteiger partial charge in [-0.15, -0.1) is 0 Å². The average molecular weight is 185 g/mol. The van der Waals surface area contributed by atoms with Crippen molar-refractivity contribution >= 4 is 11.9 Å². The summed E-state index contributed by atoms with van der Waals surface area (Å²) < 4.78 is 4.78. The minimum Gasteiger partial charge on any atom is -0.478 e. The fourth-order valence-corrected chi connectivity index (χ4v) is 1.08. The molecular weight excluding hydrogens is 174 g/mol. The zero-order valence-electron chi connectivity index (χ0n) is 7.32. The lowest BCUT2D eigenvalue weighted by Gasteiger charge is -2.11. The summed E-state index contributed by atoms with van der Waals surface area (Å²) in [4.78, 5) is 23.0. The van der Waals surface area contributed by atoms with Crippen molar-refractivity contribution in [2.75, 3.05) is 20.3 Å². The second kappa shape index (κ2) is 4.04. The molecule has 1 aliphatic rings. The van der Waals surface area contributed by atoms with Crippen LogP contribution in [0.15, 0.2) is 11.8 Å². The molecular formula is C8H11NO4. The first-order valence-electron chi connectivity index (χ1n) is 3.87. The van der Waals surface area contributed by atoms with Crippen LogP contribution in [0.3, 0.4) is 0 Å². The molecule has 0 fully saturated rings. The molecule has 0 radical (unpaired) electrons. The largest absolute Gasteiger partial charge is 0.478 e. The van der Waals surface area contributed by atoms with Crippen molar-refractivity contribution in [3.05, 3.63) is 11.8 Å². The fraction of sp³-hybridized carbons (Fsp3) is 0.500. The van der Waals surface area contributed by atoms with Gasteiger partial charge in [-0.25, -0.2) is 4.79 Å². The van der Waals surface area contributed by atoms with Gasteiger partial charge in [0.1, 0.15) is 0 Å². The monoisotopic (exact) mass is 185 g/mol. The van der Waals surface area contributed by atoms with Gasteiger partial charge >= 0.3 is 5.97 Å². The number of carboxylic acids is 1. The Morgan fingerprint density at radius 2 is 2.46 bits per heavy atom. The second-order valence-electron chi connectivity index (χ2n) is 2.72. The number of hydrogen-bond acceptors (Lipinski definition) is 3. The number of hydrogen-bond donors (Lipinski definition) is 1. The first-order chi connectivity index (χ1) is 6.15. The van der Waals surface area contributed by atoms with E-state index in [-0.39, 0.29) is 17.9 Å². The van der Waals surface area contributed by atoms with Gasteiger partial charge in [-0.2, -0.15) is 0 Å². The highest BCUT2D eigenvalue weighted by molar-refractivity contribution is 5.97. The van der Waals surface area contributed by atoms with E-state index in [0.717, 1.165) is 0 Å². The summed E-state index contributed by atoms with van der Waals surface area (Å²) in [7, 11) is 1.53. The standard InChI is InChI=1S/C8H11NO4/c1-13-3-2-9-5-6(8(11)12)4-7(9)10/h5H,2-4H2,1H3,(H,11,12). The van der Waals surface area contributed by atoms with E-state index in [1.165, 1.54) is 18.2 Å². The first-order valence-corrected chi connectivity index (χ1v) is 3.87. The van der Waals surface area contributed by atoms with Gasteiger partial charge in [-0.3, -0.25) is 4.79 Å². The Kier molecular flexibility index (Phi) is 3.02. The van der Waals surface area contributed by atoms with Crippen molar-refractivity contribution in [1.82, 2.24) is 4.90 Å².